The number of non-ortho nitro benzene ring substituents is 1. The first-order chi connectivity index (χ1) is 9.10. The van der Waals surface area contributed by atoms with Gasteiger partial charge in [-0.25, -0.2) is 0 Å². The molecule has 7 nitrogen and oxygen atoms in total. The summed E-state index contributed by atoms with van der Waals surface area (Å²) in [4.78, 5) is 21.8. The van der Waals surface area contributed by atoms with Crippen molar-refractivity contribution in [1.82, 2.24) is 10.2 Å². The molecule has 1 aromatic carbocycles. The van der Waals surface area contributed by atoms with E-state index in [1.807, 2.05) is 6.92 Å². The highest BCUT2D eigenvalue weighted by Crippen LogP contribution is 2.13. The van der Waals surface area contributed by atoms with Gasteiger partial charge in [0.25, 0.3) is 11.6 Å². The summed E-state index contributed by atoms with van der Waals surface area (Å²) in [7, 11) is 0. The number of aromatic amines is 1. The van der Waals surface area contributed by atoms with Crippen LogP contribution in [-0.4, -0.2) is 21.0 Å². The van der Waals surface area contributed by atoms with Gasteiger partial charge in [-0.2, -0.15) is 5.10 Å². The second-order valence-corrected chi connectivity index (χ2v) is 3.89. The number of hydrogen-bond acceptors (Lipinski definition) is 4. The van der Waals surface area contributed by atoms with Gasteiger partial charge >= 0.3 is 0 Å². The lowest BCUT2D eigenvalue weighted by Gasteiger charge is -2.01. The monoisotopic (exact) mass is 260 g/mol. The molecule has 2 N–H and O–H groups in total. The van der Waals surface area contributed by atoms with E-state index in [4.69, 9.17) is 0 Å². The Morgan fingerprint density at radius 3 is 2.63 bits per heavy atom. The normalized spacial score (nSPS) is 10.2. The predicted molar refractivity (Wildman–Crippen MR) is 69.0 cm³/mol. The number of nitrogens with one attached hydrogen (secondary N) is 2. The van der Waals surface area contributed by atoms with Gasteiger partial charge in [-0.15, -0.1) is 0 Å². The maximum atomic E-state index is 11.9. The summed E-state index contributed by atoms with van der Waals surface area (Å²) in [5.41, 5.74) is 1.20. The number of nitrogens with zero attached hydrogens (tertiary/aromatic N) is 2. The number of H-pyrrole nitrogens is 1. The number of anilines is 1. The van der Waals surface area contributed by atoms with E-state index in [0.717, 1.165) is 12.1 Å². The quantitative estimate of drug-likeness (QED) is 0.649. The molecule has 7 heteroatoms. The maximum Gasteiger partial charge on any atom is 0.269 e. The molecule has 2 aromatic rings. The Bertz CT molecular complexity index is 604. The predicted octanol–water partition coefficient (Wildman–Crippen LogP) is 2.13. The van der Waals surface area contributed by atoms with Crippen molar-refractivity contribution in [1.29, 1.82) is 0 Å². The molecule has 98 valence electrons. The summed E-state index contributed by atoms with van der Waals surface area (Å²) in [5.74, 6) is 0.0734. The largest absolute Gasteiger partial charge is 0.305 e. The first-order valence-electron chi connectivity index (χ1n) is 5.70. The molecular formula is C12H12N4O3. The number of hydrogen-bond donors (Lipinski definition) is 2. The van der Waals surface area contributed by atoms with Crippen molar-refractivity contribution < 1.29 is 9.72 Å². The molecule has 0 unspecified atom stereocenters. The van der Waals surface area contributed by atoms with Crippen LogP contribution in [0.15, 0.2) is 30.3 Å². The van der Waals surface area contributed by atoms with Gasteiger partial charge in [0.1, 0.15) is 0 Å². The minimum Gasteiger partial charge on any atom is -0.305 e. The van der Waals surface area contributed by atoms with E-state index < -0.39 is 4.92 Å². The molecule has 0 atom stereocenters. The zero-order valence-corrected chi connectivity index (χ0v) is 10.2. The van der Waals surface area contributed by atoms with Gasteiger partial charge in [0.05, 0.1) is 4.92 Å². The molecule has 0 aliphatic carbocycles. The van der Waals surface area contributed by atoms with E-state index in [-0.39, 0.29) is 11.6 Å². The number of aryl methyl sites for hydroxylation is 1. The molecule has 0 bridgehead atoms. The fraction of sp³-hybridized carbons (Fsp3) is 0.167. The molecule has 0 aliphatic rings. The van der Waals surface area contributed by atoms with E-state index >= 15 is 0 Å². The van der Waals surface area contributed by atoms with Crippen LogP contribution in [0.4, 0.5) is 11.5 Å². The Morgan fingerprint density at radius 2 is 2.11 bits per heavy atom. The Morgan fingerprint density at radius 1 is 1.42 bits per heavy atom. The smallest absolute Gasteiger partial charge is 0.269 e. The molecule has 0 aliphatic heterocycles. The molecule has 0 saturated carbocycles. The van der Waals surface area contributed by atoms with Crippen LogP contribution in [0.3, 0.4) is 0 Å². The Hall–Kier alpha value is -2.70. The van der Waals surface area contributed by atoms with Crippen molar-refractivity contribution in [2.45, 2.75) is 13.3 Å². The Balaban J connectivity index is 2.09. The number of amides is 1. The molecule has 0 saturated heterocycles. The van der Waals surface area contributed by atoms with Crippen LogP contribution in [0.25, 0.3) is 0 Å². The Kier molecular flexibility index (Phi) is 3.56. The molecular weight excluding hydrogens is 248 g/mol. The summed E-state index contributed by atoms with van der Waals surface area (Å²) in [6, 6.07) is 7.12. The summed E-state index contributed by atoms with van der Waals surface area (Å²) in [5, 5.41) is 19.8. The standard InChI is InChI=1S/C12H12N4O3/c1-2-9-7-11(15-14-9)13-12(17)8-3-5-10(6-4-8)16(18)19/h3-7H,2H2,1H3,(H2,13,14,15,17). The number of aromatic nitrogens is 2. The van der Waals surface area contributed by atoms with Crippen LogP contribution < -0.4 is 5.32 Å². The van der Waals surface area contributed by atoms with Crippen molar-refractivity contribution in [3.63, 3.8) is 0 Å². The van der Waals surface area contributed by atoms with E-state index in [1.165, 1.54) is 24.3 Å². The highest BCUT2D eigenvalue weighted by molar-refractivity contribution is 6.03. The average molecular weight is 260 g/mol. The summed E-state index contributed by atoms with van der Waals surface area (Å²) < 4.78 is 0. The fourth-order valence-electron chi connectivity index (χ4n) is 1.53. The second kappa shape index (κ2) is 5.30. The van der Waals surface area contributed by atoms with Crippen LogP contribution in [0, 0.1) is 10.1 Å². The minimum atomic E-state index is -0.511. The van der Waals surface area contributed by atoms with Crippen LogP contribution >= 0.6 is 0 Å². The van der Waals surface area contributed by atoms with E-state index in [0.29, 0.717) is 11.4 Å². The van der Waals surface area contributed by atoms with Crippen LogP contribution in [-0.2, 0) is 6.42 Å². The third kappa shape index (κ3) is 2.95. The van der Waals surface area contributed by atoms with Crippen LogP contribution in [0.1, 0.15) is 23.0 Å². The number of nitro benzene ring substituents is 1. The molecule has 0 radical (unpaired) electrons. The Labute approximate surface area is 108 Å². The topological polar surface area (TPSA) is 101 Å². The lowest BCUT2D eigenvalue weighted by Crippen LogP contribution is -2.12. The average Bonchev–Trinajstić information content (AvgIpc) is 2.86. The van der Waals surface area contributed by atoms with Crippen molar-refractivity contribution in [3.05, 3.63) is 51.7 Å². The number of nitro groups is 1. The van der Waals surface area contributed by atoms with Gasteiger partial charge in [0.2, 0.25) is 0 Å². The van der Waals surface area contributed by atoms with Gasteiger partial charge in [-0.1, -0.05) is 6.92 Å². The number of carbonyl (C=O) groups is 1. The lowest BCUT2D eigenvalue weighted by atomic mass is 10.2. The molecule has 0 fully saturated rings. The number of rotatable bonds is 4. The maximum absolute atomic E-state index is 11.9. The van der Waals surface area contributed by atoms with Crippen LogP contribution in [0.2, 0.25) is 0 Å². The summed E-state index contributed by atoms with van der Waals surface area (Å²) >= 11 is 0. The molecule has 1 aromatic heterocycles. The van der Waals surface area contributed by atoms with E-state index in [1.54, 1.807) is 6.07 Å². The van der Waals surface area contributed by atoms with Crippen molar-refractivity contribution in [3.8, 4) is 0 Å². The number of carbonyl (C=O) groups excluding carboxylic acids is 1. The van der Waals surface area contributed by atoms with Crippen molar-refractivity contribution in [2.75, 3.05) is 5.32 Å². The van der Waals surface area contributed by atoms with Crippen molar-refractivity contribution in [2.24, 2.45) is 0 Å². The molecule has 0 spiro atoms. The third-order valence-electron chi connectivity index (χ3n) is 2.59. The summed E-state index contributed by atoms with van der Waals surface area (Å²) in [6.07, 6.45) is 0.792. The molecule has 1 amide bonds. The zero-order valence-electron chi connectivity index (χ0n) is 10.2. The summed E-state index contributed by atoms with van der Waals surface area (Å²) in [6.45, 7) is 1.97. The van der Waals surface area contributed by atoms with E-state index in [2.05, 4.69) is 15.5 Å². The molecule has 2 rings (SSSR count). The first-order valence-corrected chi connectivity index (χ1v) is 5.70. The van der Waals surface area contributed by atoms with Crippen LogP contribution in [0.5, 0.6) is 0 Å². The van der Waals surface area contributed by atoms with Gasteiger partial charge < -0.3 is 5.32 Å². The molecule has 19 heavy (non-hydrogen) atoms. The second-order valence-electron chi connectivity index (χ2n) is 3.89. The minimum absolute atomic E-state index is 0.0513. The first kappa shape index (κ1) is 12.7. The highest BCUT2D eigenvalue weighted by Gasteiger charge is 2.10. The molecule has 1 heterocycles. The van der Waals surface area contributed by atoms with Gasteiger partial charge in [-0.05, 0) is 18.6 Å². The lowest BCUT2D eigenvalue weighted by molar-refractivity contribution is -0.384. The van der Waals surface area contributed by atoms with Crippen molar-refractivity contribution >= 4 is 17.4 Å². The third-order valence-corrected chi connectivity index (χ3v) is 2.59. The zero-order chi connectivity index (χ0) is 13.8. The van der Waals surface area contributed by atoms with Gasteiger partial charge in [0.15, 0.2) is 5.82 Å². The van der Waals surface area contributed by atoms with E-state index in [9.17, 15) is 14.9 Å². The number of benzene rings is 1. The fourth-order valence-corrected chi connectivity index (χ4v) is 1.53. The highest BCUT2D eigenvalue weighted by atomic mass is 16.6. The SMILES string of the molecule is CCc1cc(NC(=O)c2ccc([N+](=O)[O-])cc2)n[nH]1. The van der Waals surface area contributed by atoms with Gasteiger partial charge in [-0.3, -0.25) is 20.0 Å². The van der Waals surface area contributed by atoms with Gasteiger partial charge in [0, 0.05) is 29.5 Å².